The Morgan fingerprint density at radius 2 is 1.02 bits per heavy atom. The summed E-state index contributed by atoms with van der Waals surface area (Å²) in [6.07, 6.45) is 27.9. The van der Waals surface area contributed by atoms with E-state index in [4.69, 9.17) is 9.98 Å². The highest BCUT2D eigenvalue weighted by atomic mass is 16.3. The summed E-state index contributed by atoms with van der Waals surface area (Å²) in [4.78, 5) is 15.5. The van der Waals surface area contributed by atoms with Gasteiger partial charge < -0.3 is 10.2 Å². The molecule has 2 aromatic rings. The Labute approximate surface area is 338 Å². The fraction of sp³-hybridized carbons (Fsp3) is 0.667. The van der Waals surface area contributed by atoms with Crippen LogP contribution >= 0.6 is 0 Å². The van der Waals surface area contributed by atoms with E-state index in [0.29, 0.717) is 11.5 Å². The van der Waals surface area contributed by atoms with Crippen molar-refractivity contribution in [3.63, 3.8) is 0 Å². The molecule has 1 aliphatic carbocycles. The molecule has 2 aromatic carbocycles. The minimum atomic E-state index is 0.0671. The molecule has 5 aliphatic rings. The zero-order valence-corrected chi connectivity index (χ0v) is 35.0. The van der Waals surface area contributed by atoms with Gasteiger partial charge in [0.15, 0.2) is 0 Å². The second kappa shape index (κ2) is 20.1. The Hall–Kier alpha value is -3.68. The number of aromatic hydroxyl groups is 2. The molecule has 0 bridgehead atoms. The number of phenolic OH excluding ortho intramolecular Hbond substituents is 2. The molecular weight excluding hydrogens is 693 g/mol. The standard InChI is InChI=1S/C48H70N6O2/c1-37-31-39(17-9-13-25-53-29-15-27-51-23-11-3-5-21-45(51)53)33-41(47(37)55)35-49-43-19-7-8-20-44(43)50-36-42-34-40(32-38(2)48(42)56)18-10-14-26-54-30-16-28-52-24-12-4-6-22-46(52)54/h31-36,43-44H,3-30H2,1-2H3/p+2. The van der Waals surface area contributed by atoms with Crippen LogP contribution in [0.15, 0.2) is 34.3 Å². The van der Waals surface area contributed by atoms with Crippen molar-refractivity contribution in [2.24, 2.45) is 9.98 Å². The first-order valence-electron chi connectivity index (χ1n) is 22.9. The summed E-state index contributed by atoms with van der Waals surface area (Å²) in [5.41, 5.74) is 6.05. The van der Waals surface area contributed by atoms with Gasteiger partial charge in [0.1, 0.15) is 11.5 Å². The Morgan fingerprint density at radius 1 is 0.571 bits per heavy atom. The van der Waals surface area contributed by atoms with Crippen molar-refractivity contribution < 1.29 is 19.4 Å². The summed E-state index contributed by atoms with van der Waals surface area (Å²) in [7, 11) is 0. The molecule has 304 valence electrons. The summed E-state index contributed by atoms with van der Waals surface area (Å²) < 4.78 is 5.33. The molecule has 0 spiro atoms. The number of amidine groups is 2. The van der Waals surface area contributed by atoms with Crippen molar-refractivity contribution in [2.75, 3.05) is 52.4 Å². The first kappa shape index (κ1) is 40.5. The van der Waals surface area contributed by atoms with Crippen LogP contribution in [0.1, 0.15) is 149 Å². The fourth-order valence-corrected chi connectivity index (χ4v) is 10.3. The summed E-state index contributed by atoms with van der Waals surface area (Å²) in [5.74, 6) is 3.89. The van der Waals surface area contributed by atoms with E-state index in [2.05, 4.69) is 43.2 Å². The van der Waals surface area contributed by atoms with Crippen LogP contribution in [0.3, 0.4) is 0 Å². The number of nitrogens with zero attached hydrogens (tertiary/aromatic N) is 6. The van der Waals surface area contributed by atoms with Crippen LogP contribution in [0, 0.1) is 13.8 Å². The van der Waals surface area contributed by atoms with Crippen LogP contribution < -0.4 is 0 Å². The number of aryl methyl sites for hydroxylation is 4. The quantitative estimate of drug-likeness (QED) is 0.115. The van der Waals surface area contributed by atoms with Gasteiger partial charge in [-0.25, -0.2) is 0 Å². The van der Waals surface area contributed by atoms with Gasteiger partial charge in [0.2, 0.25) is 11.7 Å². The summed E-state index contributed by atoms with van der Waals surface area (Å²) in [6.45, 7) is 13.7. The number of unbranched alkanes of at least 4 members (excludes halogenated alkanes) is 2. The first-order chi connectivity index (χ1) is 27.4. The number of aliphatic imine (C=N–C) groups is 2. The van der Waals surface area contributed by atoms with E-state index in [1.54, 1.807) is 11.7 Å². The van der Waals surface area contributed by atoms with E-state index in [1.807, 2.05) is 26.3 Å². The topological polar surface area (TPSA) is 77.7 Å². The first-order valence-corrected chi connectivity index (χ1v) is 22.9. The second-order valence-electron chi connectivity index (χ2n) is 17.7. The van der Waals surface area contributed by atoms with Crippen molar-refractivity contribution in [1.82, 2.24) is 9.80 Å². The molecule has 7 rings (SSSR count). The molecule has 1 saturated carbocycles. The van der Waals surface area contributed by atoms with Crippen molar-refractivity contribution in [1.29, 1.82) is 0 Å². The highest BCUT2D eigenvalue weighted by Crippen LogP contribution is 2.29. The molecule has 4 heterocycles. The third kappa shape index (κ3) is 10.6. The Balaban J connectivity index is 0.932. The Morgan fingerprint density at radius 3 is 1.48 bits per heavy atom. The van der Waals surface area contributed by atoms with Gasteiger partial charge >= 0.3 is 0 Å². The third-order valence-electron chi connectivity index (χ3n) is 13.4. The Bertz CT molecular complexity index is 1630. The molecule has 2 unspecified atom stereocenters. The summed E-state index contributed by atoms with van der Waals surface area (Å²) >= 11 is 0. The van der Waals surface area contributed by atoms with Gasteiger partial charge in [-0.05, 0) is 138 Å². The van der Waals surface area contributed by atoms with Crippen molar-refractivity contribution >= 4 is 24.1 Å². The average molecular weight is 765 g/mol. The molecule has 8 heteroatoms. The number of phenols is 2. The molecule has 0 aromatic heterocycles. The molecule has 1 fully saturated rings. The molecular formula is C48H72N6O2+2. The van der Waals surface area contributed by atoms with E-state index in [0.717, 1.165) is 86.7 Å². The fourth-order valence-electron chi connectivity index (χ4n) is 10.3. The lowest BCUT2D eigenvalue weighted by molar-refractivity contribution is -0.539. The van der Waals surface area contributed by atoms with Gasteiger partial charge in [0.05, 0.1) is 64.4 Å². The average Bonchev–Trinajstić information content (AvgIpc) is 3.62. The van der Waals surface area contributed by atoms with Gasteiger partial charge in [-0.2, -0.15) is 0 Å². The maximum atomic E-state index is 11.1. The van der Waals surface area contributed by atoms with E-state index in [-0.39, 0.29) is 12.1 Å². The normalized spacial score (nSPS) is 22.5. The molecule has 0 radical (unpaired) electrons. The third-order valence-corrected chi connectivity index (χ3v) is 13.4. The summed E-state index contributed by atoms with van der Waals surface area (Å²) in [5, 5.41) is 22.1. The maximum absolute atomic E-state index is 11.1. The lowest BCUT2D eigenvalue weighted by Gasteiger charge is -2.26. The lowest BCUT2D eigenvalue weighted by atomic mass is 9.91. The molecule has 56 heavy (non-hydrogen) atoms. The number of hydrogen-bond donors (Lipinski definition) is 2. The summed E-state index contributed by atoms with van der Waals surface area (Å²) in [6, 6.07) is 8.75. The van der Waals surface area contributed by atoms with Crippen LogP contribution in [0.2, 0.25) is 0 Å². The van der Waals surface area contributed by atoms with E-state index >= 15 is 0 Å². The van der Waals surface area contributed by atoms with Crippen molar-refractivity contribution in [2.45, 2.75) is 154 Å². The van der Waals surface area contributed by atoms with Gasteiger partial charge in [-0.1, -0.05) is 25.0 Å². The SMILES string of the molecule is Cc1cc(CCCCN2CCC[N+]3=C2CCCCC3)cc(C=NC2CCCCC2N=Cc2cc(CCCCN3CCC[N+]4=C3CCCCC4)cc(C)c2O)c1O. The monoisotopic (exact) mass is 765 g/mol. The molecule has 0 saturated heterocycles. The minimum absolute atomic E-state index is 0.0671. The van der Waals surface area contributed by atoms with Crippen LogP contribution in [0.5, 0.6) is 11.5 Å². The maximum Gasteiger partial charge on any atom is 0.246 e. The van der Waals surface area contributed by atoms with Gasteiger partial charge in [-0.3, -0.25) is 28.9 Å². The highest BCUT2D eigenvalue weighted by Gasteiger charge is 2.29. The smallest absolute Gasteiger partial charge is 0.246 e. The largest absolute Gasteiger partial charge is 0.507 e. The molecule has 8 nitrogen and oxygen atoms in total. The lowest BCUT2D eigenvalue weighted by Crippen LogP contribution is -2.44. The van der Waals surface area contributed by atoms with Gasteiger partial charge in [0, 0.05) is 49.2 Å². The predicted octanol–water partition coefficient (Wildman–Crippen LogP) is 8.59. The van der Waals surface area contributed by atoms with Crippen LogP contribution in [0.4, 0.5) is 0 Å². The van der Waals surface area contributed by atoms with Crippen LogP contribution in [-0.2, 0) is 12.8 Å². The Kier molecular flexibility index (Phi) is 14.6. The van der Waals surface area contributed by atoms with E-state index in [1.165, 1.54) is 127 Å². The van der Waals surface area contributed by atoms with E-state index < -0.39 is 0 Å². The molecule has 4 aliphatic heterocycles. The number of rotatable bonds is 14. The van der Waals surface area contributed by atoms with Gasteiger partial charge in [-0.15, -0.1) is 0 Å². The van der Waals surface area contributed by atoms with Crippen molar-refractivity contribution in [3.05, 3.63) is 57.6 Å². The second-order valence-corrected chi connectivity index (χ2v) is 17.7. The zero-order chi connectivity index (χ0) is 38.7. The predicted molar refractivity (Wildman–Crippen MR) is 232 cm³/mol. The van der Waals surface area contributed by atoms with Crippen LogP contribution in [0.25, 0.3) is 0 Å². The van der Waals surface area contributed by atoms with Crippen LogP contribution in [-0.4, -0.2) is 118 Å². The molecule has 0 amide bonds. The highest BCUT2D eigenvalue weighted by molar-refractivity contribution is 5.86. The van der Waals surface area contributed by atoms with Crippen molar-refractivity contribution in [3.8, 4) is 11.5 Å². The van der Waals surface area contributed by atoms with Gasteiger partial charge in [0.25, 0.3) is 0 Å². The number of hydrogen-bond acceptors (Lipinski definition) is 6. The van der Waals surface area contributed by atoms with E-state index in [9.17, 15) is 10.2 Å². The molecule has 2 atom stereocenters. The number of benzene rings is 2. The zero-order valence-electron chi connectivity index (χ0n) is 35.0. The minimum Gasteiger partial charge on any atom is -0.507 e. The molecule has 2 N–H and O–H groups in total.